The lowest BCUT2D eigenvalue weighted by Crippen LogP contribution is -2.37. The number of hydrogen-bond donors (Lipinski definition) is 0. The smallest absolute Gasteiger partial charge is 0.339 e. The summed E-state index contributed by atoms with van der Waals surface area (Å²) in [5, 5.41) is 0. The van der Waals surface area contributed by atoms with Gasteiger partial charge in [0.25, 0.3) is 0 Å². The highest BCUT2D eigenvalue weighted by Gasteiger charge is 2.46. The van der Waals surface area contributed by atoms with E-state index in [2.05, 4.69) is 13.8 Å². The molecular weight excluding hydrogens is 372 g/mol. The maximum absolute atomic E-state index is 12.7. The Kier molecular flexibility index (Phi) is 5.77. The van der Waals surface area contributed by atoms with Crippen molar-refractivity contribution in [2.24, 2.45) is 0 Å². The van der Waals surface area contributed by atoms with Crippen LogP contribution in [0.4, 0.5) is 10.5 Å². The van der Waals surface area contributed by atoms with Gasteiger partial charge >= 0.3 is 17.8 Å². The Morgan fingerprint density at radius 1 is 0.966 bits per heavy atom. The first-order valence-corrected chi connectivity index (χ1v) is 9.34. The molecule has 1 fully saturated rings. The van der Waals surface area contributed by atoms with Crippen molar-refractivity contribution in [3.63, 3.8) is 0 Å². The summed E-state index contributed by atoms with van der Waals surface area (Å²) in [6.07, 6.45) is 0.980. The molecular formula is C22H22N2O5. The van der Waals surface area contributed by atoms with Crippen molar-refractivity contribution < 1.29 is 23.9 Å². The van der Waals surface area contributed by atoms with E-state index in [0.717, 1.165) is 16.9 Å². The first-order chi connectivity index (χ1) is 13.9. The number of hydrogen-bond acceptors (Lipinski definition) is 5. The third-order valence-electron chi connectivity index (χ3n) is 5.10. The van der Waals surface area contributed by atoms with Gasteiger partial charge in [-0.15, -0.1) is 0 Å². The molecule has 0 aliphatic carbocycles. The first kappa shape index (κ1) is 20.3. The maximum atomic E-state index is 12.7. The summed E-state index contributed by atoms with van der Waals surface area (Å²) in [5.74, 6) is -1.49. The van der Waals surface area contributed by atoms with Crippen molar-refractivity contribution >= 4 is 29.3 Å². The highest BCUT2D eigenvalue weighted by atomic mass is 16.5. The van der Waals surface area contributed by atoms with Gasteiger partial charge in [0, 0.05) is 5.56 Å². The number of benzene rings is 2. The number of nitrogens with zero attached hydrogens (tertiary/aromatic N) is 2. The molecule has 29 heavy (non-hydrogen) atoms. The van der Waals surface area contributed by atoms with Crippen LogP contribution in [0.25, 0.3) is 0 Å². The van der Waals surface area contributed by atoms with Crippen LogP contribution in [0.15, 0.2) is 48.5 Å². The summed E-state index contributed by atoms with van der Waals surface area (Å²) in [6.45, 7) is 3.69. The topological polar surface area (TPSA) is 84.0 Å². The molecule has 0 aromatic heterocycles. The standard InChI is InChI=1S/C22H22N2O5/c1-4-14(2)15-5-7-16(8-6-15)19(25)13-23-20(26)21(27)24(22(23)28)17-9-11-18(29-3)12-10-17/h5-12,14H,4,13H2,1-3H3/t14-/m0/s1. The highest BCUT2D eigenvalue weighted by Crippen LogP contribution is 2.25. The van der Waals surface area contributed by atoms with Crippen LogP contribution in [0.3, 0.4) is 0 Å². The van der Waals surface area contributed by atoms with Crippen LogP contribution in [-0.2, 0) is 9.59 Å². The van der Waals surface area contributed by atoms with Crippen molar-refractivity contribution in [1.82, 2.24) is 4.90 Å². The second-order valence-corrected chi connectivity index (χ2v) is 6.87. The summed E-state index contributed by atoms with van der Waals surface area (Å²) in [7, 11) is 1.49. The number of ether oxygens (including phenoxy) is 1. The van der Waals surface area contributed by atoms with Gasteiger partial charge < -0.3 is 4.74 Å². The lowest BCUT2D eigenvalue weighted by Gasteiger charge is -2.15. The van der Waals surface area contributed by atoms with E-state index in [1.807, 2.05) is 12.1 Å². The Bertz CT molecular complexity index is 950. The molecule has 0 bridgehead atoms. The number of anilines is 1. The summed E-state index contributed by atoms with van der Waals surface area (Å²) >= 11 is 0. The van der Waals surface area contributed by atoms with Crippen LogP contribution in [-0.4, -0.2) is 42.2 Å². The van der Waals surface area contributed by atoms with Gasteiger partial charge in [-0.3, -0.25) is 14.4 Å². The first-order valence-electron chi connectivity index (χ1n) is 9.34. The van der Waals surface area contributed by atoms with Crippen LogP contribution in [0.1, 0.15) is 42.1 Å². The van der Waals surface area contributed by atoms with Crippen molar-refractivity contribution in [3.05, 3.63) is 59.7 Å². The number of urea groups is 1. The zero-order chi connectivity index (χ0) is 21.1. The maximum Gasteiger partial charge on any atom is 0.339 e. The minimum Gasteiger partial charge on any atom is -0.497 e. The molecule has 2 aromatic rings. The van der Waals surface area contributed by atoms with E-state index in [-0.39, 0.29) is 5.69 Å². The molecule has 0 unspecified atom stereocenters. The number of amides is 4. The van der Waals surface area contributed by atoms with Crippen LogP contribution in [0.2, 0.25) is 0 Å². The van der Waals surface area contributed by atoms with Crippen LogP contribution in [0, 0.1) is 0 Å². The van der Waals surface area contributed by atoms with Gasteiger partial charge in [-0.05, 0) is 42.2 Å². The minimum atomic E-state index is -1.02. The van der Waals surface area contributed by atoms with Gasteiger partial charge in [0.1, 0.15) is 5.75 Å². The summed E-state index contributed by atoms with van der Waals surface area (Å²) in [6, 6.07) is 12.4. The number of rotatable bonds is 7. The molecule has 1 aliphatic rings. The van der Waals surface area contributed by atoms with Crippen LogP contribution < -0.4 is 9.64 Å². The highest BCUT2D eigenvalue weighted by molar-refractivity contribution is 6.53. The SMILES string of the molecule is CC[C@H](C)c1ccc(C(=O)CN2C(=O)C(=O)N(c3ccc(OC)cc3)C2=O)cc1. The van der Waals surface area contributed by atoms with Crippen molar-refractivity contribution in [2.45, 2.75) is 26.2 Å². The van der Waals surface area contributed by atoms with E-state index >= 15 is 0 Å². The Balaban J connectivity index is 1.76. The largest absolute Gasteiger partial charge is 0.497 e. The molecule has 1 saturated heterocycles. The second kappa shape index (κ2) is 8.26. The molecule has 0 N–H and O–H groups in total. The van der Waals surface area contributed by atoms with E-state index < -0.39 is 30.2 Å². The van der Waals surface area contributed by atoms with E-state index in [9.17, 15) is 19.2 Å². The van der Waals surface area contributed by atoms with E-state index in [1.165, 1.54) is 19.2 Å². The van der Waals surface area contributed by atoms with Crippen molar-refractivity contribution in [1.29, 1.82) is 0 Å². The molecule has 1 heterocycles. The fourth-order valence-electron chi connectivity index (χ4n) is 3.07. The number of methoxy groups -OCH3 is 1. The zero-order valence-electron chi connectivity index (χ0n) is 16.5. The number of imide groups is 2. The van der Waals surface area contributed by atoms with Gasteiger partial charge in [0.05, 0.1) is 19.3 Å². The molecule has 1 atom stereocenters. The van der Waals surface area contributed by atoms with Crippen LogP contribution in [0.5, 0.6) is 5.75 Å². The van der Waals surface area contributed by atoms with Crippen molar-refractivity contribution in [2.75, 3.05) is 18.6 Å². The Morgan fingerprint density at radius 3 is 2.14 bits per heavy atom. The molecule has 0 saturated carbocycles. The number of carbonyl (C=O) groups is 4. The summed E-state index contributed by atoms with van der Waals surface area (Å²) in [5.41, 5.74) is 1.73. The third-order valence-corrected chi connectivity index (χ3v) is 5.10. The zero-order valence-corrected chi connectivity index (χ0v) is 16.5. The molecule has 2 aromatic carbocycles. The lowest BCUT2D eigenvalue weighted by molar-refractivity contribution is -0.139. The fraction of sp³-hybridized carbons (Fsp3) is 0.273. The van der Waals surface area contributed by atoms with Gasteiger partial charge in [-0.1, -0.05) is 38.1 Å². The molecule has 7 nitrogen and oxygen atoms in total. The lowest BCUT2D eigenvalue weighted by atomic mass is 9.97. The average molecular weight is 394 g/mol. The van der Waals surface area contributed by atoms with Gasteiger partial charge in [-0.2, -0.15) is 0 Å². The predicted molar refractivity (Wildman–Crippen MR) is 107 cm³/mol. The predicted octanol–water partition coefficient (Wildman–Crippen LogP) is 3.39. The Labute approximate surface area is 168 Å². The third kappa shape index (κ3) is 3.89. The fourth-order valence-corrected chi connectivity index (χ4v) is 3.07. The molecule has 0 spiro atoms. The Hall–Kier alpha value is -3.48. The monoisotopic (exact) mass is 394 g/mol. The average Bonchev–Trinajstić information content (AvgIpc) is 2.96. The van der Waals surface area contributed by atoms with Gasteiger partial charge in [-0.25, -0.2) is 14.6 Å². The van der Waals surface area contributed by atoms with Crippen LogP contribution >= 0.6 is 0 Å². The summed E-state index contributed by atoms with van der Waals surface area (Å²) in [4.78, 5) is 51.3. The molecule has 7 heteroatoms. The molecule has 1 aliphatic heterocycles. The van der Waals surface area contributed by atoms with E-state index in [0.29, 0.717) is 22.1 Å². The van der Waals surface area contributed by atoms with Gasteiger partial charge in [0.2, 0.25) is 0 Å². The molecule has 0 radical (unpaired) electrons. The quantitative estimate of drug-likeness (QED) is 0.408. The van der Waals surface area contributed by atoms with Gasteiger partial charge in [0.15, 0.2) is 5.78 Å². The molecule has 4 amide bonds. The van der Waals surface area contributed by atoms with Crippen molar-refractivity contribution in [3.8, 4) is 5.75 Å². The van der Waals surface area contributed by atoms with E-state index in [4.69, 9.17) is 4.74 Å². The number of carbonyl (C=O) groups excluding carboxylic acids is 4. The second-order valence-electron chi connectivity index (χ2n) is 6.87. The molecule has 3 rings (SSSR count). The number of Topliss-reactive ketones (excluding diaryl/α,β-unsaturated/α-hetero) is 1. The minimum absolute atomic E-state index is 0.238. The number of ketones is 1. The van der Waals surface area contributed by atoms with E-state index in [1.54, 1.807) is 24.3 Å². The Morgan fingerprint density at radius 2 is 1.59 bits per heavy atom. The normalized spacial score (nSPS) is 15.1. The molecule has 150 valence electrons. The summed E-state index contributed by atoms with van der Waals surface area (Å²) < 4.78 is 5.05.